The number of anilines is 2. The number of aliphatic hydroxyl groups is 2. The number of sulfone groups is 1. The largest absolute Gasteiger partial charge is 0.388 e. The van der Waals surface area contributed by atoms with E-state index in [1.54, 1.807) is 0 Å². The molecular formula is C25H32N6O4S2. The molecule has 3 unspecified atom stereocenters. The molecule has 0 aromatic carbocycles. The highest BCUT2D eigenvalue weighted by atomic mass is 32.2. The lowest BCUT2D eigenvalue weighted by Gasteiger charge is -2.32. The van der Waals surface area contributed by atoms with Crippen LogP contribution in [0.2, 0.25) is 0 Å². The van der Waals surface area contributed by atoms with Gasteiger partial charge in [0.15, 0.2) is 5.72 Å². The summed E-state index contributed by atoms with van der Waals surface area (Å²) >= 11 is 1.52. The Morgan fingerprint density at radius 2 is 1.95 bits per heavy atom. The Labute approximate surface area is 219 Å². The molecule has 6 rings (SSSR count). The van der Waals surface area contributed by atoms with Crippen LogP contribution in [0.5, 0.6) is 0 Å². The van der Waals surface area contributed by atoms with Gasteiger partial charge in [0.2, 0.25) is 5.95 Å². The fourth-order valence-electron chi connectivity index (χ4n) is 5.36. The van der Waals surface area contributed by atoms with Crippen LogP contribution in [0.25, 0.3) is 20.8 Å². The molecule has 0 spiro atoms. The van der Waals surface area contributed by atoms with Crippen LogP contribution in [0.3, 0.4) is 0 Å². The second-order valence-corrected chi connectivity index (χ2v) is 14.1. The number of fused-ring (bicyclic) bond motifs is 1. The first-order chi connectivity index (χ1) is 17.6. The molecule has 3 aliphatic rings. The Kier molecular flexibility index (Phi) is 6.13. The monoisotopic (exact) mass is 544 g/mol. The Morgan fingerprint density at radius 3 is 2.62 bits per heavy atom. The predicted molar refractivity (Wildman–Crippen MR) is 143 cm³/mol. The van der Waals surface area contributed by atoms with Crippen molar-refractivity contribution >= 4 is 43.2 Å². The van der Waals surface area contributed by atoms with E-state index >= 15 is 0 Å². The summed E-state index contributed by atoms with van der Waals surface area (Å²) in [6.07, 6.45) is 7.78. The zero-order chi connectivity index (χ0) is 25.9. The molecule has 3 atom stereocenters. The summed E-state index contributed by atoms with van der Waals surface area (Å²) < 4.78 is 24.8. The molecule has 10 nitrogen and oxygen atoms in total. The van der Waals surface area contributed by atoms with Crippen molar-refractivity contribution in [3.8, 4) is 10.6 Å². The third-order valence-electron chi connectivity index (χ3n) is 7.73. The highest BCUT2D eigenvalue weighted by molar-refractivity contribution is 7.90. The first-order valence-electron chi connectivity index (χ1n) is 12.9. The van der Waals surface area contributed by atoms with Crippen molar-refractivity contribution in [2.24, 2.45) is 5.92 Å². The second-order valence-electron chi connectivity index (χ2n) is 10.8. The first kappa shape index (κ1) is 24.9. The number of thiazole rings is 1. The number of aliphatic hydroxyl groups excluding tert-OH is 1. The predicted octanol–water partition coefficient (Wildman–Crippen LogP) is 3.21. The zero-order valence-corrected chi connectivity index (χ0v) is 22.6. The summed E-state index contributed by atoms with van der Waals surface area (Å²) in [5, 5.41) is 29.7. The summed E-state index contributed by atoms with van der Waals surface area (Å²) in [4.78, 5) is 19.0. The number of aryl methyl sites for hydroxylation is 1. The minimum absolute atomic E-state index is 0.183. The van der Waals surface area contributed by atoms with Gasteiger partial charge in [-0.2, -0.15) is 4.98 Å². The van der Waals surface area contributed by atoms with Gasteiger partial charge in [0, 0.05) is 30.3 Å². The number of hydrogen-bond donors (Lipinski definition) is 4. The summed E-state index contributed by atoms with van der Waals surface area (Å²) in [6, 6.07) is 2.27. The van der Waals surface area contributed by atoms with E-state index in [1.807, 2.05) is 19.2 Å². The van der Waals surface area contributed by atoms with Crippen molar-refractivity contribution in [1.29, 1.82) is 0 Å². The molecule has 0 amide bonds. The molecule has 12 heteroatoms. The Morgan fingerprint density at radius 1 is 1.16 bits per heavy atom. The Hall–Kier alpha value is -2.41. The molecule has 3 saturated carbocycles. The molecule has 4 N–H and O–H groups in total. The third kappa shape index (κ3) is 4.91. The van der Waals surface area contributed by atoms with Gasteiger partial charge in [0.05, 0.1) is 27.4 Å². The maximum atomic E-state index is 11.9. The maximum absolute atomic E-state index is 11.9. The summed E-state index contributed by atoms with van der Waals surface area (Å²) in [6.45, 7) is 1.89. The number of aromatic nitrogens is 4. The van der Waals surface area contributed by atoms with Crippen molar-refractivity contribution in [1.82, 2.24) is 19.9 Å². The third-order valence-corrected chi connectivity index (χ3v) is 9.80. The molecule has 3 aromatic rings. The standard InChI is InChI=1S/C25H32N6O4S2/c1-13-18(23-29-20-17(36-23)9-11-26-19(20)14-6-7-14)22(30-24(27-13)28-16-4-3-5-16)31-25(33)10-8-15(21(25)32)12-37(2,34)35/h9,11,14-16,21,32-33H,3-8,10,12H2,1-2H3,(H2,27,28,30,31). The number of rotatable bonds is 8. The lowest BCUT2D eigenvalue weighted by atomic mass is 9.93. The van der Waals surface area contributed by atoms with Crippen LogP contribution in [0.4, 0.5) is 11.8 Å². The van der Waals surface area contributed by atoms with Crippen LogP contribution < -0.4 is 10.6 Å². The number of hydrogen-bond acceptors (Lipinski definition) is 11. The second kappa shape index (κ2) is 9.11. The molecule has 0 aliphatic heterocycles. The lowest BCUT2D eigenvalue weighted by molar-refractivity contribution is -0.0442. The fraction of sp³-hybridized carbons (Fsp3) is 0.600. The van der Waals surface area contributed by atoms with E-state index in [4.69, 9.17) is 15.0 Å². The van der Waals surface area contributed by atoms with E-state index in [-0.39, 0.29) is 12.2 Å². The number of pyridine rings is 1. The fourth-order valence-corrected chi connectivity index (χ4v) is 7.56. The highest BCUT2D eigenvalue weighted by Gasteiger charge is 2.48. The number of nitrogens with one attached hydrogen (secondary N) is 2. The molecular weight excluding hydrogens is 512 g/mol. The van der Waals surface area contributed by atoms with Gasteiger partial charge in [-0.1, -0.05) is 0 Å². The molecule has 0 bridgehead atoms. The van der Waals surface area contributed by atoms with Crippen LogP contribution in [-0.4, -0.2) is 68.4 Å². The molecule has 3 heterocycles. The van der Waals surface area contributed by atoms with Gasteiger partial charge in [-0.15, -0.1) is 11.3 Å². The normalized spacial score (nSPS) is 26.4. The van der Waals surface area contributed by atoms with Crippen LogP contribution in [-0.2, 0) is 9.84 Å². The van der Waals surface area contributed by atoms with E-state index in [0.717, 1.165) is 54.3 Å². The van der Waals surface area contributed by atoms with Crippen LogP contribution in [0.15, 0.2) is 12.3 Å². The molecule has 0 radical (unpaired) electrons. The van der Waals surface area contributed by atoms with Gasteiger partial charge < -0.3 is 20.8 Å². The van der Waals surface area contributed by atoms with E-state index in [1.165, 1.54) is 11.3 Å². The van der Waals surface area contributed by atoms with Crippen molar-refractivity contribution in [3.63, 3.8) is 0 Å². The summed E-state index contributed by atoms with van der Waals surface area (Å²) in [7, 11) is -3.31. The van der Waals surface area contributed by atoms with Gasteiger partial charge in [-0.3, -0.25) is 4.98 Å². The summed E-state index contributed by atoms with van der Waals surface area (Å²) in [5.41, 5.74) is 1.54. The van der Waals surface area contributed by atoms with E-state index < -0.39 is 27.6 Å². The smallest absolute Gasteiger partial charge is 0.225 e. The Balaban J connectivity index is 1.40. The van der Waals surface area contributed by atoms with Gasteiger partial charge in [0.25, 0.3) is 0 Å². The number of nitrogens with zero attached hydrogens (tertiary/aromatic N) is 4. The van der Waals surface area contributed by atoms with Gasteiger partial charge >= 0.3 is 0 Å². The molecule has 198 valence electrons. The van der Waals surface area contributed by atoms with Crippen LogP contribution >= 0.6 is 11.3 Å². The maximum Gasteiger partial charge on any atom is 0.225 e. The topological polar surface area (TPSA) is 150 Å². The van der Waals surface area contributed by atoms with Crippen molar-refractivity contribution in [2.75, 3.05) is 22.6 Å². The molecule has 37 heavy (non-hydrogen) atoms. The minimum atomic E-state index is -3.31. The van der Waals surface area contributed by atoms with E-state index in [0.29, 0.717) is 46.4 Å². The molecule has 3 aromatic heterocycles. The van der Waals surface area contributed by atoms with Gasteiger partial charge in [0.1, 0.15) is 32.3 Å². The molecule has 0 saturated heterocycles. The first-order valence-corrected chi connectivity index (χ1v) is 15.7. The van der Waals surface area contributed by atoms with Crippen LogP contribution in [0.1, 0.15) is 62.3 Å². The van der Waals surface area contributed by atoms with Crippen LogP contribution in [0, 0.1) is 12.8 Å². The molecule has 3 aliphatic carbocycles. The Bertz CT molecular complexity index is 1450. The quantitative estimate of drug-likeness (QED) is 0.311. The average Bonchev–Trinajstić information content (AvgIpc) is 3.49. The SMILES string of the molecule is Cc1nc(NC2CCC2)nc(NC2(O)CCC(CS(C)(=O)=O)C2O)c1-c1nc2c(C3CC3)nccc2s1. The van der Waals surface area contributed by atoms with E-state index in [2.05, 4.69) is 15.6 Å². The van der Waals surface area contributed by atoms with Gasteiger partial charge in [-0.05, 0) is 57.9 Å². The van der Waals surface area contributed by atoms with E-state index in [9.17, 15) is 18.6 Å². The van der Waals surface area contributed by atoms with Crippen molar-refractivity contribution in [3.05, 3.63) is 23.7 Å². The minimum Gasteiger partial charge on any atom is -0.388 e. The summed E-state index contributed by atoms with van der Waals surface area (Å²) in [5.74, 6) is 0.524. The lowest BCUT2D eigenvalue weighted by Crippen LogP contribution is -2.48. The molecule has 3 fully saturated rings. The van der Waals surface area contributed by atoms with Crippen molar-refractivity contribution < 1.29 is 18.6 Å². The van der Waals surface area contributed by atoms with Crippen molar-refractivity contribution in [2.45, 2.75) is 75.7 Å². The highest BCUT2D eigenvalue weighted by Crippen LogP contribution is 2.45. The zero-order valence-electron chi connectivity index (χ0n) is 20.9. The van der Waals surface area contributed by atoms with Gasteiger partial charge in [-0.25, -0.2) is 18.4 Å². The average molecular weight is 545 g/mol.